The van der Waals surface area contributed by atoms with Crippen LogP contribution in [0.5, 0.6) is 0 Å². The number of benzene rings is 1. The van der Waals surface area contributed by atoms with E-state index in [9.17, 15) is 5.26 Å². The van der Waals surface area contributed by atoms with E-state index in [2.05, 4.69) is 21.5 Å². The maximum Gasteiger partial charge on any atom is 0.165 e. The van der Waals surface area contributed by atoms with Gasteiger partial charge >= 0.3 is 0 Å². The van der Waals surface area contributed by atoms with E-state index >= 15 is 0 Å². The van der Waals surface area contributed by atoms with Gasteiger partial charge in [0.05, 0.1) is 17.6 Å². The van der Waals surface area contributed by atoms with E-state index in [1.165, 1.54) is 12.8 Å². The average Bonchev–Trinajstić information content (AvgIpc) is 3.42. The van der Waals surface area contributed by atoms with E-state index in [1.54, 1.807) is 10.7 Å². The Bertz CT molecular complexity index is 1320. The van der Waals surface area contributed by atoms with E-state index in [1.807, 2.05) is 48.7 Å². The Labute approximate surface area is 185 Å². The number of hydrogen-bond acceptors (Lipinski definition) is 6. The number of piperidine rings is 1. The standard InChI is InChI=1S/C25H23N7/c26-12-20-23(17-10-18-7-8-19(11-17)30-18)31-25-21(14-29-32(25)24(20)27)16-6-9-22(28-13-16)15-4-2-1-3-5-15/h1-6,9,13-14,17-19,30H,7-8,10-11,27H2/t17?,18-,19+. The van der Waals surface area contributed by atoms with Crippen LogP contribution in [-0.4, -0.2) is 31.7 Å². The first kappa shape index (κ1) is 19.0. The average molecular weight is 422 g/mol. The largest absolute Gasteiger partial charge is 0.382 e. The Hall–Kier alpha value is -3.76. The summed E-state index contributed by atoms with van der Waals surface area (Å²) in [5.41, 5.74) is 12.1. The minimum atomic E-state index is 0.233. The molecule has 1 unspecified atom stereocenters. The van der Waals surface area contributed by atoms with Gasteiger partial charge in [0.1, 0.15) is 17.5 Å². The molecule has 0 amide bonds. The van der Waals surface area contributed by atoms with Crippen molar-refractivity contribution in [3.8, 4) is 28.5 Å². The second-order valence-electron chi connectivity index (χ2n) is 8.77. The number of nitrogens with zero attached hydrogens (tertiary/aromatic N) is 5. The van der Waals surface area contributed by atoms with Gasteiger partial charge < -0.3 is 11.1 Å². The molecule has 7 nitrogen and oxygen atoms in total. The predicted molar refractivity (Wildman–Crippen MR) is 123 cm³/mol. The van der Waals surface area contributed by atoms with Crippen LogP contribution in [0.3, 0.4) is 0 Å². The zero-order valence-electron chi connectivity index (χ0n) is 17.6. The second-order valence-corrected chi connectivity index (χ2v) is 8.77. The van der Waals surface area contributed by atoms with Crippen LogP contribution in [0.25, 0.3) is 28.0 Å². The molecule has 0 spiro atoms. The Morgan fingerprint density at radius 2 is 1.78 bits per heavy atom. The number of nitrogen functional groups attached to an aromatic ring is 1. The number of nitriles is 1. The quantitative estimate of drug-likeness (QED) is 0.520. The van der Waals surface area contributed by atoms with Gasteiger partial charge in [-0.05, 0) is 31.7 Å². The zero-order chi connectivity index (χ0) is 21.7. The van der Waals surface area contributed by atoms with E-state index in [0.29, 0.717) is 29.1 Å². The Kier molecular flexibility index (Phi) is 4.40. The van der Waals surface area contributed by atoms with Crippen LogP contribution in [0.2, 0.25) is 0 Å². The van der Waals surface area contributed by atoms with Crippen molar-refractivity contribution in [2.24, 2.45) is 0 Å². The van der Waals surface area contributed by atoms with Crippen molar-refractivity contribution in [2.45, 2.75) is 43.7 Å². The topological polar surface area (TPSA) is 105 Å². The van der Waals surface area contributed by atoms with Gasteiger partial charge in [-0.25, -0.2) is 4.98 Å². The molecule has 5 heterocycles. The third-order valence-corrected chi connectivity index (χ3v) is 6.83. The summed E-state index contributed by atoms with van der Waals surface area (Å²) in [5.74, 6) is 0.593. The number of anilines is 1. The van der Waals surface area contributed by atoms with Crippen LogP contribution < -0.4 is 11.1 Å². The highest BCUT2D eigenvalue weighted by Crippen LogP contribution is 2.39. The lowest BCUT2D eigenvalue weighted by Crippen LogP contribution is -2.37. The van der Waals surface area contributed by atoms with E-state index in [0.717, 1.165) is 40.9 Å². The van der Waals surface area contributed by atoms with E-state index < -0.39 is 0 Å². The van der Waals surface area contributed by atoms with Gasteiger partial charge in [0, 0.05) is 40.9 Å². The molecule has 4 aromatic rings. The molecular formula is C25H23N7. The minimum absolute atomic E-state index is 0.233. The SMILES string of the molecule is N#Cc1c(C2C[C@H]3CC[C@@H](C2)N3)nc2c(-c3ccc(-c4ccccc4)nc3)cnn2c1N. The Balaban J connectivity index is 1.43. The maximum atomic E-state index is 9.86. The summed E-state index contributed by atoms with van der Waals surface area (Å²) in [6, 6.07) is 17.4. The zero-order valence-corrected chi connectivity index (χ0v) is 17.6. The first-order chi connectivity index (χ1) is 15.7. The van der Waals surface area contributed by atoms with Crippen LogP contribution in [0.1, 0.15) is 42.9 Å². The smallest absolute Gasteiger partial charge is 0.165 e. The van der Waals surface area contributed by atoms with Crippen LogP contribution >= 0.6 is 0 Å². The van der Waals surface area contributed by atoms with Crippen molar-refractivity contribution in [1.29, 1.82) is 5.26 Å². The Morgan fingerprint density at radius 1 is 1.00 bits per heavy atom. The number of hydrogen-bond donors (Lipinski definition) is 2. The van der Waals surface area contributed by atoms with Crippen molar-refractivity contribution in [1.82, 2.24) is 24.9 Å². The molecule has 2 saturated heterocycles. The number of aromatic nitrogens is 4. The highest BCUT2D eigenvalue weighted by Gasteiger charge is 2.36. The minimum Gasteiger partial charge on any atom is -0.382 e. The molecule has 6 rings (SSSR count). The van der Waals surface area contributed by atoms with Gasteiger partial charge in [-0.3, -0.25) is 4.98 Å². The third kappa shape index (κ3) is 3.03. The number of nitrogens with two attached hydrogens (primary N) is 1. The molecule has 2 aliphatic heterocycles. The third-order valence-electron chi connectivity index (χ3n) is 6.83. The van der Waals surface area contributed by atoms with Gasteiger partial charge in [0.25, 0.3) is 0 Å². The molecule has 2 bridgehead atoms. The Morgan fingerprint density at radius 3 is 2.47 bits per heavy atom. The van der Waals surface area contributed by atoms with Gasteiger partial charge in [0.2, 0.25) is 0 Å². The first-order valence-electron chi connectivity index (χ1n) is 11.1. The molecule has 3 aromatic heterocycles. The number of rotatable bonds is 3. The molecule has 32 heavy (non-hydrogen) atoms. The van der Waals surface area contributed by atoms with Crippen molar-refractivity contribution in [2.75, 3.05) is 5.73 Å². The number of pyridine rings is 1. The molecule has 0 radical (unpaired) electrons. The summed E-state index contributed by atoms with van der Waals surface area (Å²) in [7, 11) is 0. The van der Waals surface area contributed by atoms with Gasteiger partial charge in [0.15, 0.2) is 5.65 Å². The molecule has 1 aromatic carbocycles. The molecule has 0 aliphatic carbocycles. The predicted octanol–water partition coefficient (Wildman–Crippen LogP) is 3.91. The molecule has 158 valence electrons. The molecule has 3 N–H and O–H groups in total. The second kappa shape index (κ2) is 7.43. The molecule has 2 aliphatic rings. The molecular weight excluding hydrogens is 398 g/mol. The molecule has 2 fully saturated rings. The molecule has 0 saturated carbocycles. The highest BCUT2D eigenvalue weighted by atomic mass is 15.3. The molecule has 7 heteroatoms. The van der Waals surface area contributed by atoms with E-state index in [-0.39, 0.29) is 5.92 Å². The summed E-state index contributed by atoms with van der Waals surface area (Å²) < 4.78 is 1.58. The normalized spacial score (nSPS) is 22.2. The fourth-order valence-corrected chi connectivity index (χ4v) is 5.26. The van der Waals surface area contributed by atoms with Gasteiger partial charge in [-0.15, -0.1) is 0 Å². The van der Waals surface area contributed by atoms with Crippen molar-refractivity contribution >= 4 is 11.5 Å². The number of nitrogens with one attached hydrogen (secondary N) is 1. The summed E-state index contributed by atoms with van der Waals surface area (Å²) in [6.07, 6.45) is 7.97. The fraction of sp³-hybridized carbons (Fsp3) is 0.280. The van der Waals surface area contributed by atoms with Crippen LogP contribution in [0.15, 0.2) is 54.9 Å². The monoisotopic (exact) mass is 421 g/mol. The summed E-state index contributed by atoms with van der Waals surface area (Å²) in [6.45, 7) is 0. The summed E-state index contributed by atoms with van der Waals surface area (Å²) >= 11 is 0. The van der Waals surface area contributed by atoms with Gasteiger partial charge in [-0.1, -0.05) is 36.4 Å². The van der Waals surface area contributed by atoms with Crippen LogP contribution in [-0.2, 0) is 0 Å². The summed E-state index contributed by atoms with van der Waals surface area (Å²) in [5, 5.41) is 18.0. The number of fused-ring (bicyclic) bond motifs is 3. The summed E-state index contributed by atoms with van der Waals surface area (Å²) in [4.78, 5) is 9.64. The van der Waals surface area contributed by atoms with Crippen LogP contribution in [0, 0.1) is 11.3 Å². The fourth-order valence-electron chi connectivity index (χ4n) is 5.26. The molecule has 3 atom stereocenters. The first-order valence-corrected chi connectivity index (χ1v) is 11.1. The lowest BCUT2D eigenvalue weighted by molar-refractivity contribution is 0.359. The lowest BCUT2D eigenvalue weighted by atomic mass is 9.87. The van der Waals surface area contributed by atoms with Crippen molar-refractivity contribution in [3.63, 3.8) is 0 Å². The van der Waals surface area contributed by atoms with Crippen molar-refractivity contribution < 1.29 is 0 Å². The van der Waals surface area contributed by atoms with Gasteiger partial charge in [-0.2, -0.15) is 14.9 Å². The van der Waals surface area contributed by atoms with Crippen LogP contribution in [0.4, 0.5) is 5.82 Å². The highest BCUT2D eigenvalue weighted by molar-refractivity contribution is 5.79. The van der Waals surface area contributed by atoms with E-state index in [4.69, 9.17) is 10.7 Å². The maximum absolute atomic E-state index is 9.86. The van der Waals surface area contributed by atoms with Crippen molar-refractivity contribution in [3.05, 3.63) is 66.1 Å². The lowest BCUT2D eigenvalue weighted by Gasteiger charge is -2.29.